The molecule has 0 aliphatic heterocycles. The van der Waals surface area contributed by atoms with Crippen LogP contribution in [0.5, 0.6) is 0 Å². The van der Waals surface area contributed by atoms with Crippen molar-refractivity contribution in [3.05, 3.63) is 232 Å². The third-order valence-corrected chi connectivity index (χ3v) is 13.8. The Kier molecular flexibility index (Phi) is 11.8. The summed E-state index contributed by atoms with van der Waals surface area (Å²) in [4.78, 5) is 9.34. The Morgan fingerprint density at radius 2 is 1.35 bits per heavy atom. The van der Waals surface area contributed by atoms with E-state index in [2.05, 4.69) is 183 Å². The summed E-state index contributed by atoms with van der Waals surface area (Å²) < 4.78 is 66.8. The van der Waals surface area contributed by atoms with E-state index >= 15 is 0 Å². The van der Waals surface area contributed by atoms with Crippen molar-refractivity contribution in [2.75, 3.05) is 0 Å². The van der Waals surface area contributed by atoms with Crippen LogP contribution in [0.1, 0.15) is 92.3 Å². The van der Waals surface area contributed by atoms with Gasteiger partial charge in [-0.15, -0.1) is 48.0 Å². The molecule has 0 saturated carbocycles. The van der Waals surface area contributed by atoms with E-state index in [-0.39, 0.29) is 48.8 Å². The monoisotopic (exact) mass is 1120 g/mol. The standard InChI is InChI=1S/C53H45N2O.C13H11FN.Ir/c1-33(2)45-30-41(38-11-6-5-7-12-38)31-46(34(3)4)51(45)55-49-16-9-8-15-48(49)54-53(55)44-14-10-13-43-42-28-27-40(32-50(42)56-52(43)44)47-29-37-22-21-35-17-19-36(20-18-35)23-25-39(47)26-24-37;1-9-7-13(15-8-10(9)2)11-3-5-12(14)6-4-11;/h5-13,15-20,24,26-34H,21-23,25H2,1-4H3;3,5-8H,1-2H3;/q2*-1;/i;1D3,2D3;. The Hall–Kier alpha value is -7.24. The van der Waals surface area contributed by atoms with Gasteiger partial charge in [0.05, 0.1) is 22.4 Å². The fourth-order valence-electron chi connectivity index (χ4n) is 9.99. The molecule has 15 rings (SSSR count). The maximum atomic E-state index is 12.9. The second kappa shape index (κ2) is 20.5. The summed E-state index contributed by atoms with van der Waals surface area (Å²) in [7, 11) is 0. The summed E-state index contributed by atoms with van der Waals surface area (Å²) in [5.74, 6) is 0.915. The van der Waals surface area contributed by atoms with Gasteiger partial charge in [-0.1, -0.05) is 147 Å². The molecule has 0 fully saturated rings. The fourth-order valence-corrected chi connectivity index (χ4v) is 9.99. The molecule has 3 heterocycles. The van der Waals surface area contributed by atoms with E-state index in [1.54, 1.807) is 0 Å². The first-order chi connectivity index (χ1) is 37.0. The zero-order chi connectivity index (χ0) is 53.8. The van der Waals surface area contributed by atoms with Crippen LogP contribution in [0.2, 0.25) is 0 Å². The molecule has 0 amide bonds. The number of hydrogen-bond donors (Lipinski definition) is 0. The van der Waals surface area contributed by atoms with Gasteiger partial charge in [0, 0.05) is 51.4 Å². The van der Waals surface area contributed by atoms with Crippen molar-refractivity contribution in [3.63, 3.8) is 0 Å². The largest absolute Gasteiger partial charge is 0.501 e. The van der Waals surface area contributed by atoms with Gasteiger partial charge in [0.25, 0.3) is 0 Å². The molecule has 0 saturated heterocycles. The van der Waals surface area contributed by atoms with E-state index in [1.807, 2.05) is 6.07 Å². The first-order valence-corrected chi connectivity index (χ1v) is 24.5. The van der Waals surface area contributed by atoms with Crippen LogP contribution in [-0.4, -0.2) is 14.5 Å². The van der Waals surface area contributed by atoms with Crippen molar-refractivity contribution in [2.45, 2.75) is 78.9 Å². The summed E-state index contributed by atoms with van der Waals surface area (Å²) in [6.07, 6.45) is 5.10. The van der Waals surface area contributed by atoms with Gasteiger partial charge >= 0.3 is 0 Å². The van der Waals surface area contributed by atoms with Gasteiger partial charge in [-0.2, -0.15) is 0 Å². The number of furan rings is 1. The molecule has 0 spiro atoms. The summed E-state index contributed by atoms with van der Waals surface area (Å²) in [5.41, 5.74) is 18.9. The third kappa shape index (κ3) is 9.50. The molecule has 1 radical (unpaired) electrons. The number of rotatable bonds is 7. The molecule has 0 N–H and O–H groups in total. The molecule has 6 heteroatoms. The molecule has 0 unspecified atom stereocenters. The van der Waals surface area contributed by atoms with Gasteiger partial charge in [-0.25, -0.2) is 0 Å². The molecule has 8 aromatic carbocycles. The molecule has 11 aromatic rings. The van der Waals surface area contributed by atoms with E-state index in [0.29, 0.717) is 5.56 Å². The molecule has 359 valence electrons. The SMILES string of the molecule is CC(C)c1cc(-c2ccccc2)cc(C(C)C)c1-n1c(-c2[c-]ccc3c2oc2cc(-c4cc5ccc4CCc4ccc(cc4)CC5)ccc23)nc2ccccc21.[2H]C([2H])([2H])c1cnc(-c2[c-]cc(F)cc2)cc1C([2H])([2H])[2H].[Ir]. The summed E-state index contributed by atoms with van der Waals surface area (Å²) in [5, 5.41) is 2.18. The molecule has 0 atom stereocenters. The Morgan fingerprint density at radius 3 is 2.07 bits per heavy atom. The second-order valence-corrected chi connectivity index (χ2v) is 19.2. The van der Waals surface area contributed by atoms with Crippen LogP contribution in [0.25, 0.3) is 83.6 Å². The normalized spacial score (nSPS) is 13.9. The predicted octanol–water partition coefficient (Wildman–Crippen LogP) is 17.2. The average molecular weight is 1120 g/mol. The van der Waals surface area contributed by atoms with Gasteiger partial charge in [-0.05, 0) is 148 Å². The van der Waals surface area contributed by atoms with E-state index in [1.165, 1.54) is 79.5 Å². The van der Waals surface area contributed by atoms with Crippen molar-refractivity contribution in [2.24, 2.45) is 0 Å². The van der Waals surface area contributed by atoms with Gasteiger partial charge in [-0.3, -0.25) is 9.37 Å². The maximum Gasteiger partial charge on any atom is 0.121 e. The van der Waals surface area contributed by atoms with Crippen LogP contribution in [0.4, 0.5) is 4.39 Å². The Labute approximate surface area is 444 Å². The van der Waals surface area contributed by atoms with Crippen LogP contribution >= 0.6 is 0 Å². The number of imidazole rings is 1. The Bertz CT molecular complexity index is 3940. The van der Waals surface area contributed by atoms with Gasteiger partial charge < -0.3 is 14.0 Å². The quantitative estimate of drug-likeness (QED) is 0.149. The zero-order valence-electron chi connectivity index (χ0n) is 46.6. The minimum atomic E-state index is -2.58. The van der Waals surface area contributed by atoms with Crippen molar-refractivity contribution in [1.29, 1.82) is 0 Å². The number of hydrogen-bond acceptors (Lipinski definition) is 3. The van der Waals surface area contributed by atoms with Crippen LogP contribution in [0.15, 0.2) is 174 Å². The number of para-hydroxylation sites is 2. The van der Waals surface area contributed by atoms with E-state index in [0.717, 1.165) is 82.3 Å². The summed E-state index contributed by atoms with van der Waals surface area (Å²) in [6.45, 7) is 4.04. The van der Waals surface area contributed by atoms with E-state index in [4.69, 9.17) is 17.6 Å². The third-order valence-electron chi connectivity index (χ3n) is 13.8. The molecule has 4 aliphatic rings. The minimum Gasteiger partial charge on any atom is -0.501 e. The van der Waals surface area contributed by atoms with Gasteiger partial charge in [0.1, 0.15) is 5.58 Å². The molecule has 4 aliphatic carbocycles. The smallest absolute Gasteiger partial charge is 0.121 e. The van der Waals surface area contributed by atoms with E-state index in [9.17, 15) is 4.39 Å². The van der Waals surface area contributed by atoms with Crippen molar-refractivity contribution >= 4 is 33.0 Å². The molecule has 3 aromatic heterocycles. The topological polar surface area (TPSA) is 43.9 Å². The average Bonchev–Trinajstić information content (AvgIpc) is 4.21. The number of halogens is 1. The summed E-state index contributed by atoms with van der Waals surface area (Å²) in [6, 6.07) is 62.4. The summed E-state index contributed by atoms with van der Waals surface area (Å²) >= 11 is 0. The maximum absolute atomic E-state index is 12.9. The molecular weight excluding hydrogens is 1060 g/mol. The number of aryl methyl sites for hydroxylation is 6. The molecule has 4 nitrogen and oxygen atoms in total. The Balaban J connectivity index is 0.000000264. The number of nitrogens with zero attached hydrogens (tertiary/aromatic N) is 3. The van der Waals surface area contributed by atoms with Crippen molar-refractivity contribution in [3.8, 4) is 50.6 Å². The number of benzene rings is 8. The van der Waals surface area contributed by atoms with Crippen LogP contribution in [0, 0.1) is 31.7 Å². The minimum absolute atomic E-state index is 0. The molecular formula is C66H56FIrN3O-2. The second-order valence-electron chi connectivity index (χ2n) is 19.2. The first-order valence-electron chi connectivity index (χ1n) is 27.5. The van der Waals surface area contributed by atoms with Crippen molar-refractivity contribution < 1.29 is 37.1 Å². The fraction of sp³-hybridized carbons (Fsp3) is 0.182. The van der Waals surface area contributed by atoms with Gasteiger partial charge in [0.15, 0.2) is 0 Å². The molecule has 4 bridgehead atoms. The van der Waals surface area contributed by atoms with Crippen molar-refractivity contribution in [1.82, 2.24) is 14.5 Å². The first kappa shape index (κ1) is 41.4. The number of pyridine rings is 1. The van der Waals surface area contributed by atoms with Crippen LogP contribution < -0.4 is 0 Å². The number of fused-ring (bicyclic) bond motifs is 4. The predicted molar refractivity (Wildman–Crippen MR) is 291 cm³/mol. The van der Waals surface area contributed by atoms with E-state index < -0.39 is 19.5 Å². The van der Waals surface area contributed by atoms with Crippen LogP contribution in [-0.2, 0) is 45.8 Å². The Morgan fingerprint density at radius 1 is 0.639 bits per heavy atom. The molecule has 72 heavy (non-hydrogen) atoms. The zero-order valence-corrected chi connectivity index (χ0v) is 43.0. The number of aromatic nitrogens is 3. The van der Waals surface area contributed by atoms with Gasteiger partial charge in [0.2, 0.25) is 0 Å². The van der Waals surface area contributed by atoms with Crippen LogP contribution in [0.3, 0.4) is 0 Å².